The van der Waals surface area contributed by atoms with Crippen LogP contribution in [0.15, 0.2) is 30.3 Å². The molecule has 1 aliphatic heterocycles. The van der Waals surface area contributed by atoms with Crippen molar-refractivity contribution in [2.45, 2.75) is 32.3 Å². The Bertz CT molecular complexity index is 459. The fourth-order valence-electron chi connectivity index (χ4n) is 2.70. The Morgan fingerprint density at radius 1 is 1.22 bits per heavy atom. The average Bonchev–Trinajstić information content (AvgIpc) is 2.60. The zero-order valence-electron chi connectivity index (χ0n) is 14.0. The maximum Gasteiger partial charge on any atom is 0.222 e. The average molecular weight is 320 g/mol. The van der Waals surface area contributed by atoms with E-state index in [-0.39, 0.29) is 12.0 Å². The fraction of sp³-hybridized carbons (Fsp3) is 0.611. The number of rotatable bonds is 8. The summed E-state index contributed by atoms with van der Waals surface area (Å²) in [5.41, 5.74) is 0. The van der Waals surface area contributed by atoms with Crippen molar-refractivity contribution >= 4 is 5.91 Å². The number of hydrogen-bond acceptors (Lipinski definition) is 4. The monoisotopic (exact) mass is 320 g/mol. The van der Waals surface area contributed by atoms with E-state index in [1.54, 1.807) is 0 Å². The molecule has 0 unspecified atom stereocenters. The third-order valence-electron chi connectivity index (χ3n) is 4.21. The van der Waals surface area contributed by atoms with Gasteiger partial charge in [-0.2, -0.15) is 0 Å². The molecule has 0 saturated carbocycles. The summed E-state index contributed by atoms with van der Waals surface area (Å²) in [6.07, 6.45) is 1.79. The van der Waals surface area contributed by atoms with Crippen LogP contribution in [0.3, 0.4) is 0 Å². The first-order chi connectivity index (χ1) is 11.2. The van der Waals surface area contributed by atoms with Crippen molar-refractivity contribution in [2.75, 3.05) is 39.3 Å². The Balaban J connectivity index is 1.60. The van der Waals surface area contributed by atoms with Gasteiger partial charge in [-0.3, -0.25) is 9.69 Å². The summed E-state index contributed by atoms with van der Waals surface area (Å²) < 4.78 is 5.61. The van der Waals surface area contributed by atoms with Gasteiger partial charge in [0.2, 0.25) is 5.91 Å². The van der Waals surface area contributed by atoms with E-state index >= 15 is 0 Å². The zero-order chi connectivity index (χ0) is 16.5. The Morgan fingerprint density at radius 3 is 2.57 bits per heavy atom. The number of aliphatic hydroxyl groups excluding tert-OH is 1. The van der Waals surface area contributed by atoms with E-state index in [4.69, 9.17) is 4.74 Å². The Morgan fingerprint density at radius 2 is 1.91 bits per heavy atom. The lowest BCUT2D eigenvalue weighted by atomic mass is 10.2. The van der Waals surface area contributed by atoms with Crippen molar-refractivity contribution in [3.05, 3.63) is 30.3 Å². The molecule has 0 aliphatic carbocycles. The number of carbonyl (C=O) groups is 1. The summed E-state index contributed by atoms with van der Waals surface area (Å²) in [4.78, 5) is 16.4. The molecule has 5 heteroatoms. The van der Waals surface area contributed by atoms with Crippen LogP contribution < -0.4 is 4.74 Å². The minimum atomic E-state index is -0.257. The highest BCUT2D eigenvalue weighted by Gasteiger charge is 2.21. The number of hydrogen-bond donors (Lipinski definition) is 1. The highest BCUT2D eigenvalue weighted by atomic mass is 16.5. The van der Waals surface area contributed by atoms with Crippen LogP contribution in [0.4, 0.5) is 0 Å². The molecule has 1 aliphatic rings. The number of amides is 1. The van der Waals surface area contributed by atoms with E-state index in [2.05, 4.69) is 4.90 Å². The standard InChI is InChI=1S/C18H28N2O3/c1-2-16(21)15-19-10-12-20(13-11-19)18(22)9-6-14-23-17-7-4-3-5-8-17/h3-5,7-8,16,21H,2,6,9-15H2,1H3/t16-/m0/s1. The number of piperazine rings is 1. The van der Waals surface area contributed by atoms with Crippen molar-refractivity contribution in [3.63, 3.8) is 0 Å². The lowest BCUT2D eigenvalue weighted by Gasteiger charge is -2.35. The summed E-state index contributed by atoms with van der Waals surface area (Å²) in [6, 6.07) is 9.68. The second-order valence-corrected chi connectivity index (χ2v) is 6.01. The summed E-state index contributed by atoms with van der Waals surface area (Å²) in [7, 11) is 0. The smallest absolute Gasteiger partial charge is 0.222 e. The molecule has 128 valence electrons. The molecule has 0 aromatic heterocycles. The first-order valence-corrected chi connectivity index (χ1v) is 8.55. The van der Waals surface area contributed by atoms with Gasteiger partial charge in [0.1, 0.15) is 5.75 Å². The second kappa shape index (κ2) is 9.53. The van der Waals surface area contributed by atoms with Gasteiger partial charge >= 0.3 is 0 Å². The first-order valence-electron chi connectivity index (χ1n) is 8.55. The Labute approximate surface area is 138 Å². The topological polar surface area (TPSA) is 53.0 Å². The van der Waals surface area contributed by atoms with Gasteiger partial charge in [0.25, 0.3) is 0 Å². The van der Waals surface area contributed by atoms with Gasteiger partial charge in [-0.15, -0.1) is 0 Å². The van der Waals surface area contributed by atoms with Crippen molar-refractivity contribution in [2.24, 2.45) is 0 Å². The molecule has 0 bridgehead atoms. The maximum atomic E-state index is 12.2. The SMILES string of the molecule is CC[C@H](O)CN1CCN(C(=O)CCCOc2ccccc2)CC1. The van der Waals surface area contributed by atoms with E-state index in [1.807, 2.05) is 42.2 Å². The van der Waals surface area contributed by atoms with E-state index in [0.717, 1.165) is 44.8 Å². The van der Waals surface area contributed by atoms with Crippen LogP contribution in [-0.2, 0) is 4.79 Å². The van der Waals surface area contributed by atoms with Crippen LogP contribution in [0.5, 0.6) is 5.75 Å². The molecule has 1 heterocycles. The predicted molar refractivity (Wildman–Crippen MR) is 90.5 cm³/mol. The molecule has 1 aromatic rings. The minimum Gasteiger partial charge on any atom is -0.494 e. The predicted octanol–water partition coefficient (Wildman–Crippen LogP) is 1.76. The van der Waals surface area contributed by atoms with Gasteiger partial charge in [0.15, 0.2) is 0 Å². The third kappa shape index (κ3) is 6.20. The molecular formula is C18H28N2O3. The molecule has 2 rings (SSSR count). The molecule has 23 heavy (non-hydrogen) atoms. The van der Waals surface area contributed by atoms with Crippen LogP contribution in [-0.4, -0.2) is 66.2 Å². The Kier molecular flexibility index (Phi) is 7.36. The van der Waals surface area contributed by atoms with Crippen molar-refractivity contribution in [1.29, 1.82) is 0 Å². The Hall–Kier alpha value is -1.59. The summed E-state index contributed by atoms with van der Waals surface area (Å²) in [5, 5.41) is 9.69. The zero-order valence-corrected chi connectivity index (χ0v) is 14.0. The van der Waals surface area contributed by atoms with Gasteiger partial charge in [-0.05, 0) is 25.0 Å². The van der Waals surface area contributed by atoms with E-state index in [9.17, 15) is 9.90 Å². The number of ether oxygens (including phenoxy) is 1. The van der Waals surface area contributed by atoms with Crippen LogP contribution >= 0.6 is 0 Å². The number of para-hydroxylation sites is 1. The highest BCUT2D eigenvalue weighted by molar-refractivity contribution is 5.76. The number of aliphatic hydroxyl groups is 1. The van der Waals surface area contributed by atoms with Crippen LogP contribution in [0, 0.1) is 0 Å². The molecule has 5 nitrogen and oxygen atoms in total. The molecule has 0 spiro atoms. The van der Waals surface area contributed by atoms with Crippen molar-refractivity contribution in [3.8, 4) is 5.75 Å². The van der Waals surface area contributed by atoms with Crippen LogP contribution in [0.2, 0.25) is 0 Å². The third-order valence-corrected chi connectivity index (χ3v) is 4.21. The number of nitrogens with zero attached hydrogens (tertiary/aromatic N) is 2. The molecule has 1 atom stereocenters. The molecule has 1 aromatic carbocycles. The fourth-order valence-corrected chi connectivity index (χ4v) is 2.70. The van der Waals surface area contributed by atoms with Gasteiger partial charge in [0, 0.05) is 39.1 Å². The number of β-amino-alcohol motifs (C(OH)–C–C–N with tert-alkyl or cyclic N) is 1. The van der Waals surface area contributed by atoms with Crippen LogP contribution in [0.25, 0.3) is 0 Å². The van der Waals surface area contributed by atoms with E-state index in [1.165, 1.54) is 0 Å². The molecule has 1 amide bonds. The van der Waals surface area contributed by atoms with Crippen molar-refractivity contribution < 1.29 is 14.6 Å². The molecule has 1 N–H and O–H groups in total. The van der Waals surface area contributed by atoms with Crippen molar-refractivity contribution in [1.82, 2.24) is 9.80 Å². The van der Waals surface area contributed by atoms with E-state index < -0.39 is 0 Å². The normalized spacial score (nSPS) is 17.0. The van der Waals surface area contributed by atoms with E-state index in [0.29, 0.717) is 19.6 Å². The largest absolute Gasteiger partial charge is 0.494 e. The molecule has 0 radical (unpaired) electrons. The summed E-state index contributed by atoms with van der Waals surface area (Å²) in [5.74, 6) is 1.06. The number of benzene rings is 1. The minimum absolute atomic E-state index is 0.206. The molecular weight excluding hydrogens is 292 g/mol. The lowest BCUT2D eigenvalue weighted by molar-refractivity contribution is -0.133. The second-order valence-electron chi connectivity index (χ2n) is 6.01. The van der Waals surface area contributed by atoms with Gasteiger partial charge in [-0.25, -0.2) is 0 Å². The summed E-state index contributed by atoms with van der Waals surface area (Å²) in [6.45, 7) is 6.49. The van der Waals surface area contributed by atoms with Crippen LogP contribution in [0.1, 0.15) is 26.2 Å². The molecule has 1 saturated heterocycles. The van der Waals surface area contributed by atoms with Gasteiger partial charge in [-0.1, -0.05) is 25.1 Å². The maximum absolute atomic E-state index is 12.2. The quantitative estimate of drug-likeness (QED) is 0.742. The van der Waals surface area contributed by atoms with Gasteiger partial charge < -0.3 is 14.7 Å². The molecule has 1 fully saturated rings. The van der Waals surface area contributed by atoms with Gasteiger partial charge in [0.05, 0.1) is 12.7 Å². The first kappa shape index (κ1) is 17.8. The number of carbonyl (C=O) groups excluding carboxylic acids is 1. The summed E-state index contributed by atoms with van der Waals surface area (Å²) >= 11 is 0. The lowest BCUT2D eigenvalue weighted by Crippen LogP contribution is -2.50. The highest BCUT2D eigenvalue weighted by Crippen LogP contribution is 2.10.